The molecule has 0 fully saturated rings. The van der Waals surface area contributed by atoms with Gasteiger partial charge in [-0.25, -0.2) is 4.39 Å². The van der Waals surface area contributed by atoms with Gasteiger partial charge in [-0.2, -0.15) is 13.2 Å². The number of alkyl halides is 6. The molecule has 4 nitrogen and oxygen atoms in total. The standard InChI is InChI=1S/C25H21F7N2O2/c26-19-12-9-17(14-21(19)36-25(30,31)32)20(34-22(23(33)35)16-4-2-1-3-5-16)13-8-15-6-10-18(11-7-15)24(27,28)29/h1-7,9-12,14,20,22,34H,8,13H2,(H2,33,35)/t20-,22+/m0/s1. The molecular formula is C25H21F7N2O2. The molecule has 3 N–H and O–H groups in total. The molecule has 192 valence electrons. The minimum atomic E-state index is -5.14. The van der Waals surface area contributed by atoms with E-state index in [-0.39, 0.29) is 18.4 Å². The third kappa shape index (κ3) is 7.45. The number of amides is 1. The number of ether oxygens (including phenoxy) is 1. The number of hydrogen-bond acceptors (Lipinski definition) is 3. The summed E-state index contributed by atoms with van der Waals surface area (Å²) in [5.41, 5.74) is 5.88. The van der Waals surface area contributed by atoms with Gasteiger partial charge in [0.15, 0.2) is 11.6 Å². The summed E-state index contributed by atoms with van der Waals surface area (Å²) in [6.45, 7) is 0. The number of hydrogen-bond donors (Lipinski definition) is 2. The average molecular weight is 514 g/mol. The van der Waals surface area contributed by atoms with Crippen LogP contribution in [0.3, 0.4) is 0 Å². The number of aryl methyl sites for hydroxylation is 1. The molecule has 3 aromatic carbocycles. The third-order valence-corrected chi connectivity index (χ3v) is 5.37. The topological polar surface area (TPSA) is 64.4 Å². The molecule has 0 saturated heterocycles. The van der Waals surface area contributed by atoms with E-state index < -0.39 is 47.7 Å². The summed E-state index contributed by atoms with van der Waals surface area (Å²) in [6, 6.07) is 13.7. The molecule has 3 aromatic rings. The van der Waals surface area contributed by atoms with Gasteiger partial charge in [-0.15, -0.1) is 13.2 Å². The van der Waals surface area contributed by atoms with Gasteiger partial charge in [0.25, 0.3) is 0 Å². The minimum Gasteiger partial charge on any atom is -0.403 e. The fourth-order valence-electron chi connectivity index (χ4n) is 3.65. The van der Waals surface area contributed by atoms with Crippen molar-refractivity contribution in [1.29, 1.82) is 0 Å². The zero-order valence-corrected chi connectivity index (χ0v) is 18.5. The number of halogens is 7. The Labute approximate surface area is 201 Å². The molecule has 0 radical (unpaired) electrons. The molecule has 0 aliphatic carbocycles. The summed E-state index contributed by atoms with van der Waals surface area (Å²) < 4.78 is 94.5. The van der Waals surface area contributed by atoms with E-state index in [1.807, 2.05) is 0 Å². The van der Waals surface area contributed by atoms with Gasteiger partial charge in [0, 0.05) is 6.04 Å². The summed E-state index contributed by atoms with van der Waals surface area (Å²) in [5, 5.41) is 2.99. The van der Waals surface area contributed by atoms with E-state index in [1.54, 1.807) is 30.3 Å². The molecule has 0 spiro atoms. The van der Waals surface area contributed by atoms with Crippen LogP contribution in [0.25, 0.3) is 0 Å². The number of rotatable bonds is 9. The van der Waals surface area contributed by atoms with Crippen molar-refractivity contribution in [1.82, 2.24) is 5.32 Å². The van der Waals surface area contributed by atoms with Crippen molar-refractivity contribution in [3.8, 4) is 5.75 Å². The Morgan fingerprint density at radius 1 is 0.889 bits per heavy atom. The highest BCUT2D eigenvalue weighted by atomic mass is 19.4. The number of carbonyl (C=O) groups is 1. The van der Waals surface area contributed by atoms with Crippen LogP contribution in [-0.4, -0.2) is 12.3 Å². The molecule has 0 aliphatic rings. The summed E-state index contributed by atoms with van der Waals surface area (Å²) >= 11 is 0. The second-order valence-electron chi connectivity index (χ2n) is 7.94. The zero-order chi connectivity index (χ0) is 26.5. The largest absolute Gasteiger partial charge is 0.573 e. The van der Waals surface area contributed by atoms with Crippen molar-refractivity contribution in [2.75, 3.05) is 0 Å². The summed E-state index contributed by atoms with van der Waals surface area (Å²) in [5.74, 6) is -3.07. The smallest absolute Gasteiger partial charge is 0.403 e. The summed E-state index contributed by atoms with van der Waals surface area (Å²) in [6.07, 6.45) is -9.33. The molecule has 0 saturated carbocycles. The molecule has 0 bridgehead atoms. The van der Waals surface area contributed by atoms with Gasteiger partial charge in [0.1, 0.15) is 6.04 Å². The number of carbonyl (C=O) groups excluding carboxylic acids is 1. The Bertz CT molecular complexity index is 1160. The molecule has 0 unspecified atom stereocenters. The first kappa shape index (κ1) is 27.0. The van der Waals surface area contributed by atoms with Crippen LogP contribution in [0.1, 0.15) is 40.8 Å². The Hall–Kier alpha value is -3.60. The van der Waals surface area contributed by atoms with E-state index in [0.29, 0.717) is 11.1 Å². The molecule has 11 heteroatoms. The van der Waals surface area contributed by atoms with E-state index in [4.69, 9.17) is 5.73 Å². The van der Waals surface area contributed by atoms with Crippen LogP contribution in [0, 0.1) is 5.82 Å². The SMILES string of the molecule is NC(=O)[C@H](N[C@@H](CCc1ccc(C(F)(F)F)cc1)c1ccc(F)c(OC(F)(F)F)c1)c1ccccc1. The molecule has 1 amide bonds. The maximum atomic E-state index is 14.0. The van der Waals surface area contributed by atoms with Gasteiger partial charge in [-0.1, -0.05) is 48.5 Å². The van der Waals surface area contributed by atoms with E-state index in [1.165, 1.54) is 18.2 Å². The Morgan fingerprint density at radius 2 is 1.53 bits per heavy atom. The second-order valence-corrected chi connectivity index (χ2v) is 7.94. The lowest BCUT2D eigenvalue weighted by Crippen LogP contribution is -2.36. The predicted molar refractivity (Wildman–Crippen MR) is 117 cm³/mol. The van der Waals surface area contributed by atoms with Crippen LogP contribution >= 0.6 is 0 Å². The number of primary amides is 1. The van der Waals surface area contributed by atoms with Crippen LogP contribution in [-0.2, 0) is 17.4 Å². The number of nitrogens with one attached hydrogen (secondary N) is 1. The fourth-order valence-corrected chi connectivity index (χ4v) is 3.65. The number of benzene rings is 3. The highest BCUT2D eigenvalue weighted by molar-refractivity contribution is 5.81. The Balaban J connectivity index is 1.92. The van der Waals surface area contributed by atoms with Crippen LogP contribution in [0.5, 0.6) is 5.75 Å². The van der Waals surface area contributed by atoms with Crippen LogP contribution in [0.2, 0.25) is 0 Å². The molecule has 36 heavy (non-hydrogen) atoms. The first-order chi connectivity index (χ1) is 16.8. The maximum Gasteiger partial charge on any atom is 0.573 e. The molecule has 3 rings (SSSR count). The Morgan fingerprint density at radius 3 is 2.08 bits per heavy atom. The summed E-state index contributed by atoms with van der Waals surface area (Å²) in [7, 11) is 0. The van der Waals surface area contributed by atoms with Crippen molar-refractivity contribution in [2.45, 2.75) is 37.5 Å². The van der Waals surface area contributed by atoms with Gasteiger partial charge in [0.05, 0.1) is 5.56 Å². The Kier molecular flexibility index (Phi) is 8.24. The van der Waals surface area contributed by atoms with E-state index in [9.17, 15) is 35.5 Å². The minimum absolute atomic E-state index is 0.124. The molecule has 0 aliphatic heterocycles. The quantitative estimate of drug-likeness (QED) is 0.333. The van der Waals surface area contributed by atoms with Gasteiger partial charge >= 0.3 is 12.5 Å². The van der Waals surface area contributed by atoms with Crippen LogP contribution < -0.4 is 15.8 Å². The van der Waals surface area contributed by atoms with E-state index in [2.05, 4.69) is 10.1 Å². The molecular weight excluding hydrogens is 493 g/mol. The zero-order valence-electron chi connectivity index (χ0n) is 18.5. The second kappa shape index (κ2) is 11.0. The monoisotopic (exact) mass is 514 g/mol. The van der Waals surface area contributed by atoms with Crippen LogP contribution in [0.15, 0.2) is 72.8 Å². The van der Waals surface area contributed by atoms with Crippen molar-refractivity contribution < 1.29 is 40.3 Å². The average Bonchev–Trinajstić information content (AvgIpc) is 2.80. The lowest BCUT2D eigenvalue weighted by atomic mass is 9.95. The van der Waals surface area contributed by atoms with Crippen molar-refractivity contribution in [3.05, 3.63) is 101 Å². The maximum absolute atomic E-state index is 14.0. The first-order valence-electron chi connectivity index (χ1n) is 10.6. The van der Waals surface area contributed by atoms with Gasteiger partial charge in [0.2, 0.25) is 5.91 Å². The van der Waals surface area contributed by atoms with E-state index in [0.717, 1.165) is 24.3 Å². The van der Waals surface area contributed by atoms with Crippen LogP contribution in [0.4, 0.5) is 30.7 Å². The normalized spacial score (nSPS) is 13.8. The highest BCUT2D eigenvalue weighted by Gasteiger charge is 2.33. The first-order valence-corrected chi connectivity index (χ1v) is 10.6. The van der Waals surface area contributed by atoms with Gasteiger partial charge < -0.3 is 10.5 Å². The fraction of sp³-hybridized carbons (Fsp3) is 0.240. The lowest BCUT2D eigenvalue weighted by Gasteiger charge is -2.25. The van der Waals surface area contributed by atoms with Gasteiger partial charge in [-0.3, -0.25) is 10.1 Å². The molecule has 2 atom stereocenters. The predicted octanol–water partition coefficient (Wildman–Crippen LogP) is 6.23. The van der Waals surface area contributed by atoms with E-state index >= 15 is 0 Å². The lowest BCUT2D eigenvalue weighted by molar-refractivity contribution is -0.275. The van der Waals surface area contributed by atoms with Crippen molar-refractivity contribution in [2.24, 2.45) is 5.73 Å². The highest BCUT2D eigenvalue weighted by Crippen LogP contribution is 2.32. The summed E-state index contributed by atoms with van der Waals surface area (Å²) in [4.78, 5) is 12.2. The number of nitrogens with two attached hydrogens (primary N) is 1. The van der Waals surface area contributed by atoms with Gasteiger partial charge in [-0.05, 0) is 53.8 Å². The molecule has 0 heterocycles. The molecule has 0 aromatic heterocycles. The van der Waals surface area contributed by atoms with Crippen molar-refractivity contribution in [3.63, 3.8) is 0 Å². The third-order valence-electron chi connectivity index (χ3n) is 5.37. The van der Waals surface area contributed by atoms with Crippen molar-refractivity contribution >= 4 is 5.91 Å².